The van der Waals surface area contributed by atoms with Crippen LogP contribution in [0, 0.1) is 5.82 Å². The molecule has 2 heterocycles. The van der Waals surface area contributed by atoms with Crippen molar-refractivity contribution >= 4 is 5.95 Å². The number of aromatic nitrogens is 2. The van der Waals surface area contributed by atoms with Crippen LogP contribution in [0.15, 0.2) is 36.5 Å². The number of hydrogen-bond donors (Lipinski definition) is 1. The molecule has 1 aromatic heterocycles. The van der Waals surface area contributed by atoms with E-state index in [1.54, 1.807) is 18.3 Å². The van der Waals surface area contributed by atoms with Gasteiger partial charge in [0, 0.05) is 12.7 Å². The average molecular weight is 286 g/mol. The molecule has 2 N–H and O–H groups in total. The first-order chi connectivity index (χ1) is 10.2. The second-order valence-corrected chi connectivity index (χ2v) is 5.45. The molecule has 0 bridgehead atoms. The normalized spacial score (nSPS) is 19.6. The highest BCUT2D eigenvalue weighted by Crippen LogP contribution is 2.31. The lowest BCUT2D eigenvalue weighted by atomic mass is 9.98. The Balaban J connectivity index is 1.81. The van der Waals surface area contributed by atoms with E-state index in [4.69, 9.17) is 5.73 Å². The number of nitrogens with zero attached hydrogens (tertiary/aromatic N) is 3. The van der Waals surface area contributed by atoms with Gasteiger partial charge < -0.3 is 5.73 Å². The van der Waals surface area contributed by atoms with Crippen LogP contribution in [0.3, 0.4) is 0 Å². The molecule has 0 radical (unpaired) electrons. The van der Waals surface area contributed by atoms with Crippen molar-refractivity contribution < 1.29 is 4.39 Å². The molecule has 2 aromatic rings. The van der Waals surface area contributed by atoms with Crippen LogP contribution >= 0.6 is 0 Å². The lowest BCUT2D eigenvalue weighted by Gasteiger charge is -2.35. The molecular formula is C16H19FN4. The number of nitrogens with two attached hydrogens (primary N) is 1. The van der Waals surface area contributed by atoms with E-state index in [1.165, 1.54) is 12.5 Å². The number of rotatable bonds is 3. The molecule has 1 aliphatic heterocycles. The molecule has 1 saturated heterocycles. The predicted molar refractivity (Wildman–Crippen MR) is 79.8 cm³/mol. The summed E-state index contributed by atoms with van der Waals surface area (Å²) in [5.41, 5.74) is 7.64. The van der Waals surface area contributed by atoms with Gasteiger partial charge in [-0.2, -0.15) is 0 Å². The van der Waals surface area contributed by atoms with Crippen molar-refractivity contribution in [3.05, 3.63) is 53.6 Å². The van der Waals surface area contributed by atoms with E-state index < -0.39 is 0 Å². The van der Waals surface area contributed by atoms with Gasteiger partial charge in [-0.05, 0) is 43.1 Å². The zero-order valence-electron chi connectivity index (χ0n) is 11.9. The van der Waals surface area contributed by atoms with Gasteiger partial charge in [-0.1, -0.05) is 18.6 Å². The number of nitrogen functional groups attached to an aromatic ring is 1. The summed E-state index contributed by atoms with van der Waals surface area (Å²) in [5.74, 6) is 0.121. The molecule has 4 nitrogen and oxygen atoms in total. The minimum Gasteiger partial charge on any atom is -0.368 e. The Bertz CT molecular complexity index is 617. The summed E-state index contributed by atoms with van der Waals surface area (Å²) >= 11 is 0. The monoisotopic (exact) mass is 286 g/mol. The van der Waals surface area contributed by atoms with Crippen LogP contribution in [-0.2, 0) is 6.54 Å². The highest BCUT2D eigenvalue weighted by molar-refractivity contribution is 5.21. The van der Waals surface area contributed by atoms with Gasteiger partial charge in [0.15, 0.2) is 0 Å². The Kier molecular flexibility index (Phi) is 4.10. The maximum atomic E-state index is 13.3. The second-order valence-electron chi connectivity index (χ2n) is 5.45. The highest BCUT2D eigenvalue weighted by Gasteiger charge is 2.25. The maximum absolute atomic E-state index is 13.3. The second kappa shape index (κ2) is 6.18. The van der Waals surface area contributed by atoms with Gasteiger partial charge in [-0.15, -0.1) is 0 Å². The zero-order chi connectivity index (χ0) is 14.7. The van der Waals surface area contributed by atoms with E-state index in [1.807, 2.05) is 12.1 Å². The number of likely N-dealkylation sites (tertiary alicyclic amines) is 1. The van der Waals surface area contributed by atoms with E-state index >= 15 is 0 Å². The van der Waals surface area contributed by atoms with Gasteiger partial charge in [0.1, 0.15) is 5.82 Å². The Morgan fingerprint density at radius 2 is 2.19 bits per heavy atom. The molecule has 1 atom stereocenters. The Morgan fingerprint density at radius 3 is 3.00 bits per heavy atom. The summed E-state index contributed by atoms with van der Waals surface area (Å²) in [4.78, 5) is 10.7. The molecule has 1 aliphatic rings. The van der Waals surface area contributed by atoms with Crippen LogP contribution < -0.4 is 5.73 Å². The van der Waals surface area contributed by atoms with Crippen molar-refractivity contribution in [3.63, 3.8) is 0 Å². The quantitative estimate of drug-likeness (QED) is 0.942. The van der Waals surface area contributed by atoms with Crippen molar-refractivity contribution in [2.24, 2.45) is 0 Å². The molecule has 1 fully saturated rings. The standard InChI is InChI=1S/C16H19FN4/c17-13-5-3-4-12(10-13)11-21-9-2-1-6-15(21)14-7-8-19-16(18)20-14/h3-5,7-8,10,15H,1-2,6,9,11H2,(H2,18,19,20). The number of halogens is 1. The first-order valence-corrected chi connectivity index (χ1v) is 7.29. The Hall–Kier alpha value is -2.01. The van der Waals surface area contributed by atoms with E-state index in [0.29, 0.717) is 5.95 Å². The van der Waals surface area contributed by atoms with E-state index in [9.17, 15) is 4.39 Å². The minimum absolute atomic E-state index is 0.188. The SMILES string of the molecule is Nc1nccc(C2CCCCN2Cc2cccc(F)c2)n1. The molecule has 21 heavy (non-hydrogen) atoms. The summed E-state index contributed by atoms with van der Waals surface area (Å²) in [6.07, 6.45) is 5.08. The summed E-state index contributed by atoms with van der Waals surface area (Å²) in [7, 11) is 0. The van der Waals surface area contributed by atoms with Gasteiger partial charge in [0.25, 0.3) is 0 Å². The smallest absolute Gasteiger partial charge is 0.220 e. The molecule has 0 spiro atoms. The largest absolute Gasteiger partial charge is 0.368 e. The van der Waals surface area contributed by atoms with Crippen LogP contribution in [0.4, 0.5) is 10.3 Å². The topological polar surface area (TPSA) is 55.0 Å². The third kappa shape index (κ3) is 3.36. The fourth-order valence-corrected chi connectivity index (χ4v) is 2.96. The van der Waals surface area contributed by atoms with Crippen LogP contribution in [0.1, 0.15) is 36.6 Å². The summed E-state index contributed by atoms with van der Waals surface area (Å²) in [6.45, 7) is 1.72. The van der Waals surface area contributed by atoms with E-state index in [2.05, 4.69) is 14.9 Å². The Morgan fingerprint density at radius 1 is 1.29 bits per heavy atom. The number of anilines is 1. The number of piperidine rings is 1. The lowest BCUT2D eigenvalue weighted by molar-refractivity contribution is 0.137. The third-order valence-corrected chi connectivity index (χ3v) is 3.93. The number of benzene rings is 1. The molecule has 3 rings (SSSR count). The first-order valence-electron chi connectivity index (χ1n) is 7.29. The van der Waals surface area contributed by atoms with Gasteiger partial charge in [0.05, 0.1) is 11.7 Å². The molecule has 1 unspecified atom stereocenters. The highest BCUT2D eigenvalue weighted by atomic mass is 19.1. The third-order valence-electron chi connectivity index (χ3n) is 3.93. The van der Waals surface area contributed by atoms with Crippen molar-refractivity contribution in [3.8, 4) is 0 Å². The van der Waals surface area contributed by atoms with E-state index in [-0.39, 0.29) is 11.9 Å². The molecule has 110 valence electrons. The van der Waals surface area contributed by atoms with Gasteiger partial charge in [0.2, 0.25) is 5.95 Å². The van der Waals surface area contributed by atoms with Gasteiger partial charge >= 0.3 is 0 Å². The number of hydrogen-bond acceptors (Lipinski definition) is 4. The molecule has 0 aliphatic carbocycles. The van der Waals surface area contributed by atoms with Crippen molar-refractivity contribution in [1.82, 2.24) is 14.9 Å². The maximum Gasteiger partial charge on any atom is 0.220 e. The van der Waals surface area contributed by atoms with Crippen LogP contribution in [-0.4, -0.2) is 21.4 Å². The summed E-state index contributed by atoms with van der Waals surface area (Å²) in [6, 6.07) is 8.94. The predicted octanol–water partition coefficient (Wildman–Crippen LogP) is 2.93. The van der Waals surface area contributed by atoms with Crippen molar-refractivity contribution in [1.29, 1.82) is 0 Å². The molecule has 0 amide bonds. The fourth-order valence-electron chi connectivity index (χ4n) is 2.96. The minimum atomic E-state index is -0.188. The van der Waals surface area contributed by atoms with Gasteiger partial charge in [-0.25, -0.2) is 14.4 Å². The van der Waals surface area contributed by atoms with Crippen LogP contribution in [0.2, 0.25) is 0 Å². The average Bonchev–Trinajstić information content (AvgIpc) is 2.48. The van der Waals surface area contributed by atoms with Crippen molar-refractivity contribution in [2.45, 2.75) is 31.8 Å². The lowest BCUT2D eigenvalue weighted by Crippen LogP contribution is -2.33. The fraction of sp³-hybridized carbons (Fsp3) is 0.375. The van der Waals surface area contributed by atoms with Crippen molar-refractivity contribution in [2.75, 3.05) is 12.3 Å². The molecule has 5 heteroatoms. The summed E-state index contributed by atoms with van der Waals surface area (Å²) in [5, 5.41) is 0. The van der Waals surface area contributed by atoms with Crippen LogP contribution in [0.25, 0.3) is 0 Å². The first kappa shape index (κ1) is 13.9. The molecule has 0 saturated carbocycles. The van der Waals surface area contributed by atoms with Crippen LogP contribution in [0.5, 0.6) is 0 Å². The van der Waals surface area contributed by atoms with Gasteiger partial charge in [-0.3, -0.25) is 4.90 Å². The molecular weight excluding hydrogens is 267 g/mol. The zero-order valence-corrected chi connectivity index (χ0v) is 11.9. The molecule has 1 aromatic carbocycles. The Labute approximate surface area is 123 Å². The van der Waals surface area contributed by atoms with E-state index in [0.717, 1.165) is 37.2 Å². The summed E-state index contributed by atoms with van der Waals surface area (Å²) < 4.78 is 13.3.